The monoisotopic (exact) mass is 572 g/mol. The zero-order valence-corrected chi connectivity index (χ0v) is 27.2. The summed E-state index contributed by atoms with van der Waals surface area (Å²) in [5.41, 5.74) is 19.2. The first kappa shape index (κ1) is 25.6. The lowest BCUT2D eigenvalue weighted by atomic mass is 9.44. The topological polar surface area (TPSA) is 8.17 Å². The number of rotatable bonds is 0. The van der Waals surface area contributed by atoms with Crippen molar-refractivity contribution in [2.24, 2.45) is 0 Å². The van der Waals surface area contributed by atoms with E-state index in [2.05, 4.69) is 131 Å². The molecule has 2 atom stereocenters. The number of fused-ring (bicyclic) bond motifs is 12. The van der Waals surface area contributed by atoms with Crippen LogP contribution in [0.2, 0.25) is 0 Å². The van der Waals surface area contributed by atoms with Crippen molar-refractivity contribution in [3.8, 4) is 22.3 Å². The molecular weight excluding hydrogens is 531 g/mol. The molecule has 1 aromatic heterocycles. The maximum absolute atomic E-state index is 2.87. The Morgan fingerprint density at radius 2 is 1.48 bits per heavy atom. The number of aromatic nitrogens is 1. The molecule has 2 aliphatic carbocycles. The predicted octanol–water partition coefficient (Wildman–Crippen LogP) is 8.94. The van der Waals surface area contributed by atoms with Gasteiger partial charge in [-0.3, -0.25) is 0 Å². The van der Waals surface area contributed by atoms with E-state index in [0.29, 0.717) is 0 Å². The second-order valence-electron chi connectivity index (χ2n) is 16.5. The molecular formula is C41H41BN2. The summed E-state index contributed by atoms with van der Waals surface area (Å²) in [6.07, 6.45) is 5.11. The van der Waals surface area contributed by atoms with Gasteiger partial charge in [-0.05, 0) is 70.0 Å². The number of benzene rings is 4. The Kier molecular flexibility index (Phi) is 4.40. The minimum Gasteiger partial charge on any atom is -0.378 e. The highest BCUT2D eigenvalue weighted by atomic mass is 15.3. The van der Waals surface area contributed by atoms with Crippen LogP contribution in [0.25, 0.3) is 33.2 Å². The average Bonchev–Trinajstić information content (AvgIpc) is 3.55. The van der Waals surface area contributed by atoms with Gasteiger partial charge >= 0.3 is 6.85 Å². The van der Waals surface area contributed by atoms with E-state index in [9.17, 15) is 0 Å². The molecule has 0 bridgehead atoms. The van der Waals surface area contributed by atoms with Crippen molar-refractivity contribution in [2.45, 2.75) is 95.9 Å². The van der Waals surface area contributed by atoms with Crippen LogP contribution in [0, 0.1) is 0 Å². The molecule has 0 radical (unpaired) electrons. The maximum atomic E-state index is 2.87. The summed E-state index contributed by atoms with van der Waals surface area (Å²) in [7, 11) is 0. The lowest BCUT2D eigenvalue weighted by Gasteiger charge is -2.52. The van der Waals surface area contributed by atoms with E-state index in [1.165, 1.54) is 98.0 Å². The van der Waals surface area contributed by atoms with Gasteiger partial charge in [0.15, 0.2) is 0 Å². The van der Waals surface area contributed by atoms with Gasteiger partial charge in [0.1, 0.15) is 0 Å². The summed E-state index contributed by atoms with van der Waals surface area (Å²) in [5.74, 6) is 0. The van der Waals surface area contributed by atoms with Gasteiger partial charge in [0, 0.05) is 49.9 Å². The second kappa shape index (κ2) is 7.56. The van der Waals surface area contributed by atoms with Gasteiger partial charge in [0.2, 0.25) is 0 Å². The van der Waals surface area contributed by atoms with Gasteiger partial charge in [0.25, 0.3) is 0 Å². The quantitative estimate of drug-likeness (QED) is 0.165. The summed E-state index contributed by atoms with van der Waals surface area (Å²) in [6.45, 7) is 17.4. The Labute approximate surface area is 262 Å². The molecule has 3 aliphatic heterocycles. The predicted molar refractivity (Wildman–Crippen MR) is 187 cm³/mol. The van der Waals surface area contributed by atoms with E-state index in [4.69, 9.17) is 0 Å². The van der Waals surface area contributed by atoms with Crippen molar-refractivity contribution >= 4 is 40.1 Å². The standard InChI is InChI=1S/C41H41BN2/c1-38(2,3)24-22-28-25-15-12-16-27-33-26-14-8-9-17-29(26)39(4,5)37(33)44(35(25)27)42-31-19-13-18-30-36(31)43(32(23-24)34(28)42)41(7)21-11-10-20-40(30,41)6/h8-9,12-19,22-23H,10-11,20-21H2,1-7H3. The molecule has 5 aromatic rings. The van der Waals surface area contributed by atoms with Crippen LogP contribution in [0.5, 0.6) is 0 Å². The number of nitrogens with zero attached hydrogens (tertiary/aromatic N) is 2. The van der Waals surface area contributed by atoms with Crippen molar-refractivity contribution in [1.82, 2.24) is 4.48 Å². The van der Waals surface area contributed by atoms with Crippen molar-refractivity contribution in [3.05, 3.63) is 95.2 Å². The second-order valence-corrected chi connectivity index (χ2v) is 16.5. The molecule has 0 spiro atoms. The minimum atomic E-state index is -0.0910. The lowest BCUT2D eigenvalue weighted by Crippen LogP contribution is -2.62. The fourth-order valence-electron chi connectivity index (χ4n) is 10.7. The highest BCUT2D eigenvalue weighted by Crippen LogP contribution is 2.62. The molecule has 218 valence electrons. The number of anilines is 2. The Hall–Kier alpha value is -3.72. The molecule has 4 heterocycles. The highest BCUT2D eigenvalue weighted by Gasteiger charge is 2.61. The average molecular weight is 573 g/mol. The van der Waals surface area contributed by atoms with Crippen LogP contribution >= 0.6 is 0 Å². The Balaban J connectivity index is 1.42. The molecule has 0 saturated heterocycles. The molecule has 1 saturated carbocycles. The molecule has 3 heteroatoms. The largest absolute Gasteiger partial charge is 0.378 e. The molecule has 10 rings (SSSR count). The lowest BCUT2D eigenvalue weighted by molar-refractivity contribution is 0.195. The van der Waals surface area contributed by atoms with Crippen LogP contribution in [-0.4, -0.2) is 16.9 Å². The SMILES string of the molecule is CC(C)(C)c1cc2c3c(c1)N1c4c(cccc4C4(C)CCCCC14C)B3n1c3c(c4cccc-2c41)-c1ccccc1C3(C)C. The third-order valence-electron chi connectivity index (χ3n) is 13.0. The molecule has 4 aromatic carbocycles. The van der Waals surface area contributed by atoms with Crippen LogP contribution < -0.4 is 15.8 Å². The van der Waals surface area contributed by atoms with Gasteiger partial charge < -0.3 is 9.38 Å². The van der Waals surface area contributed by atoms with E-state index < -0.39 is 0 Å². The van der Waals surface area contributed by atoms with Gasteiger partial charge in [-0.2, -0.15) is 0 Å². The molecule has 2 unspecified atom stereocenters. The third-order valence-corrected chi connectivity index (χ3v) is 13.0. The van der Waals surface area contributed by atoms with E-state index in [-0.39, 0.29) is 28.6 Å². The fraction of sp³-hybridized carbons (Fsp3) is 0.366. The Bertz CT molecular complexity index is 2140. The number of para-hydroxylation sites is 2. The first-order valence-corrected chi connectivity index (χ1v) is 16.9. The van der Waals surface area contributed by atoms with Crippen LogP contribution in [-0.2, 0) is 16.2 Å². The summed E-state index contributed by atoms with van der Waals surface area (Å²) in [5, 5.41) is 1.41. The molecule has 0 amide bonds. The summed E-state index contributed by atoms with van der Waals surface area (Å²) >= 11 is 0. The Morgan fingerprint density at radius 3 is 2.30 bits per heavy atom. The van der Waals surface area contributed by atoms with Gasteiger partial charge in [-0.15, -0.1) is 0 Å². The van der Waals surface area contributed by atoms with E-state index in [1.54, 1.807) is 5.56 Å². The summed E-state index contributed by atoms with van der Waals surface area (Å²) in [6, 6.07) is 28.8. The number of hydrogen-bond acceptors (Lipinski definition) is 1. The van der Waals surface area contributed by atoms with Gasteiger partial charge in [0.05, 0.1) is 5.54 Å². The van der Waals surface area contributed by atoms with Gasteiger partial charge in [-0.25, -0.2) is 0 Å². The zero-order chi connectivity index (χ0) is 30.1. The third kappa shape index (κ3) is 2.59. The number of hydrogen-bond donors (Lipinski definition) is 0. The molecule has 44 heavy (non-hydrogen) atoms. The van der Waals surface area contributed by atoms with Crippen molar-refractivity contribution in [1.29, 1.82) is 0 Å². The summed E-state index contributed by atoms with van der Waals surface area (Å²) in [4.78, 5) is 2.87. The Morgan fingerprint density at radius 1 is 0.750 bits per heavy atom. The first-order chi connectivity index (χ1) is 21.0. The maximum Gasteiger partial charge on any atom is 0.332 e. The van der Waals surface area contributed by atoms with Crippen LogP contribution in [0.15, 0.2) is 72.8 Å². The van der Waals surface area contributed by atoms with E-state index >= 15 is 0 Å². The van der Waals surface area contributed by atoms with E-state index in [1.807, 2.05) is 0 Å². The summed E-state index contributed by atoms with van der Waals surface area (Å²) < 4.78 is 2.82. The smallest absolute Gasteiger partial charge is 0.332 e. The molecule has 2 nitrogen and oxygen atoms in total. The molecule has 5 aliphatic rings. The van der Waals surface area contributed by atoms with Crippen LogP contribution in [0.3, 0.4) is 0 Å². The van der Waals surface area contributed by atoms with Crippen molar-refractivity contribution < 1.29 is 0 Å². The normalized spacial score (nSPS) is 24.6. The first-order valence-electron chi connectivity index (χ1n) is 16.9. The minimum absolute atomic E-state index is 0.0490. The van der Waals surface area contributed by atoms with E-state index in [0.717, 1.165) is 0 Å². The van der Waals surface area contributed by atoms with Crippen LogP contribution in [0.4, 0.5) is 11.4 Å². The van der Waals surface area contributed by atoms with Crippen molar-refractivity contribution in [3.63, 3.8) is 0 Å². The molecule has 0 N–H and O–H groups in total. The zero-order valence-electron chi connectivity index (χ0n) is 27.2. The van der Waals surface area contributed by atoms with Crippen molar-refractivity contribution in [2.75, 3.05) is 4.90 Å². The fourth-order valence-corrected chi connectivity index (χ4v) is 10.7. The highest BCUT2D eigenvalue weighted by molar-refractivity contribution is 6.89. The van der Waals surface area contributed by atoms with Gasteiger partial charge in [-0.1, -0.05) is 121 Å². The van der Waals surface area contributed by atoms with Crippen LogP contribution in [0.1, 0.15) is 96.5 Å². The molecule has 1 fully saturated rings.